The second-order valence-corrected chi connectivity index (χ2v) is 19.6. The highest BCUT2D eigenvalue weighted by atomic mass is 16.2. The van der Waals surface area contributed by atoms with Crippen LogP contribution in [0.15, 0.2) is 108 Å². The summed E-state index contributed by atoms with van der Waals surface area (Å²) in [6.45, 7) is 50.0. The van der Waals surface area contributed by atoms with Crippen molar-refractivity contribution in [3.8, 4) is 0 Å². The molecule has 0 aromatic carbocycles. The van der Waals surface area contributed by atoms with Gasteiger partial charge < -0.3 is 15.2 Å². The van der Waals surface area contributed by atoms with E-state index in [4.69, 9.17) is 5.11 Å². The first-order valence-electron chi connectivity index (χ1n) is 23.5. The first kappa shape index (κ1) is 65.4. The molecule has 6 atom stereocenters. The van der Waals surface area contributed by atoms with E-state index in [9.17, 15) is 9.59 Å². The second kappa shape index (κ2) is 36.1. The van der Waals surface area contributed by atoms with Crippen LogP contribution in [0.5, 0.6) is 0 Å². The lowest BCUT2D eigenvalue weighted by Crippen LogP contribution is -2.45. The van der Waals surface area contributed by atoms with Crippen LogP contribution in [0.3, 0.4) is 0 Å². The van der Waals surface area contributed by atoms with Crippen LogP contribution in [0.1, 0.15) is 184 Å². The molecule has 1 saturated carbocycles. The fourth-order valence-electron chi connectivity index (χ4n) is 7.58. The molecule has 3 aliphatic carbocycles. The predicted octanol–water partition coefficient (Wildman–Crippen LogP) is 17.0. The molecule has 1 amide bonds. The number of rotatable bonds is 14. The molecule has 3 rings (SSSR count). The first-order valence-corrected chi connectivity index (χ1v) is 23.5. The highest BCUT2D eigenvalue weighted by Crippen LogP contribution is 2.40. The molecule has 0 bridgehead atoms. The third-order valence-electron chi connectivity index (χ3n) is 11.9. The Balaban J connectivity index is -0.000000231. The van der Waals surface area contributed by atoms with Gasteiger partial charge in [-0.15, -0.1) is 0 Å². The average molecular weight is 863 g/mol. The van der Waals surface area contributed by atoms with E-state index in [0.717, 1.165) is 68.0 Å². The third-order valence-corrected chi connectivity index (χ3v) is 11.9. The van der Waals surface area contributed by atoms with Crippen molar-refractivity contribution in [3.63, 3.8) is 0 Å². The van der Waals surface area contributed by atoms with E-state index >= 15 is 0 Å². The Morgan fingerprint density at radius 2 is 1.48 bits per heavy atom. The second-order valence-electron chi connectivity index (χ2n) is 19.6. The zero-order valence-corrected chi connectivity index (χ0v) is 43.0. The average Bonchev–Trinajstić information content (AvgIpc) is 3.69. The fraction of sp³-hybridized carbons (Fsp3) is 0.638. The summed E-state index contributed by atoms with van der Waals surface area (Å²) < 4.78 is 0. The maximum absolute atomic E-state index is 11.3. The van der Waals surface area contributed by atoms with E-state index in [2.05, 4.69) is 144 Å². The Kier molecular flexibility index (Phi) is 38.1. The zero-order chi connectivity index (χ0) is 47.9. The summed E-state index contributed by atoms with van der Waals surface area (Å²) in [5.74, 6) is 3.07. The summed E-state index contributed by atoms with van der Waals surface area (Å²) in [5, 5.41) is 9.99. The lowest BCUT2D eigenvalue weighted by molar-refractivity contribution is -0.120. The van der Waals surface area contributed by atoms with E-state index in [0.29, 0.717) is 11.3 Å². The van der Waals surface area contributed by atoms with Crippen LogP contribution in [0.2, 0.25) is 0 Å². The van der Waals surface area contributed by atoms with E-state index in [1.807, 2.05) is 46.3 Å². The summed E-state index contributed by atoms with van der Waals surface area (Å²) in [5.41, 5.74) is 8.37. The standard InChI is InChI=1S/C15H25NO2.C15H25.C13H18.C11H20.C2H6.CH4O.CH4.H2/c1-10(13-8-6-7-12(13)9-17)14(15(3,4)5)16-11(2)18;1-6-7-8-9-10-11-12-13-14(2)15(3,4)5;1-10(2)12-8-7-11-5-3-4-6-13(11)9-12;1-8(2)7-10(5)11(6)9(3)4;2*1-2;;/h9,12-14H,1,6-8H2,2-5H3,(H,16,18);6-12,14H,13H2,1-5H3;4,6,12H,1,3,5,7-9H2,2H3;8,10H,3,6-7H2,1-2,4-5H3;1-2H3;2H,1H3;1H4;1H/b;7-6-,10-9-,12-11?;;;;;;. The molecule has 4 heteroatoms. The monoisotopic (exact) mass is 863 g/mol. The fourth-order valence-corrected chi connectivity index (χ4v) is 7.58. The molecule has 62 heavy (non-hydrogen) atoms. The van der Waals surface area contributed by atoms with E-state index in [-0.39, 0.29) is 38.1 Å². The SMILES string of the molecule is C.C/C=C\[CH]/C=C\C=CCC(C)C(C)(C)C.C=C(C)C(=C)C(C)CC(C)C.C=C(C)C1CCC2=C(C=CCC2)C1.C=C(C1CCCC1C=O)C(NC(C)=O)C(C)(C)C.CC.CO.[HH]. The quantitative estimate of drug-likeness (QED) is 0.104. The number of carbonyl (C=O) groups is 2. The van der Waals surface area contributed by atoms with Gasteiger partial charge >= 0.3 is 0 Å². The number of allylic oxidation sites excluding steroid dienone is 13. The van der Waals surface area contributed by atoms with E-state index in [1.165, 1.54) is 56.6 Å². The van der Waals surface area contributed by atoms with Gasteiger partial charge in [-0.25, -0.2) is 0 Å². The number of aliphatic hydroxyl groups is 1. The minimum absolute atomic E-state index is 0. The van der Waals surface area contributed by atoms with E-state index < -0.39 is 0 Å². The number of carbonyl (C=O) groups excluding carboxylic acids is 2. The largest absolute Gasteiger partial charge is 0.400 e. The van der Waals surface area contributed by atoms with Crippen LogP contribution in [0.25, 0.3) is 0 Å². The number of hydrogen-bond acceptors (Lipinski definition) is 3. The normalized spacial score (nSPS) is 19.5. The molecule has 0 aromatic heterocycles. The van der Waals surface area contributed by atoms with Crippen LogP contribution >= 0.6 is 0 Å². The molecule has 359 valence electrons. The van der Waals surface area contributed by atoms with Gasteiger partial charge in [-0.1, -0.05) is 200 Å². The van der Waals surface area contributed by atoms with Gasteiger partial charge in [0.05, 0.1) is 6.04 Å². The van der Waals surface area contributed by atoms with Crippen molar-refractivity contribution in [2.45, 2.75) is 188 Å². The maximum atomic E-state index is 11.3. The topological polar surface area (TPSA) is 66.4 Å². The highest BCUT2D eigenvalue weighted by Gasteiger charge is 2.37. The minimum Gasteiger partial charge on any atom is -0.400 e. The van der Waals surface area contributed by atoms with Gasteiger partial charge in [0.2, 0.25) is 5.91 Å². The molecule has 2 N–H and O–H groups in total. The van der Waals surface area contributed by atoms with Crippen molar-refractivity contribution in [2.75, 3.05) is 7.11 Å². The summed E-state index contributed by atoms with van der Waals surface area (Å²) in [7, 11) is 1.00. The Bertz CT molecular complexity index is 1440. The lowest BCUT2D eigenvalue weighted by atomic mass is 9.75. The Hall–Kier alpha value is -3.24. The van der Waals surface area contributed by atoms with Crippen LogP contribution < -0.4 is 5.32 Å². The molecule has 1 radical (unpaired) electrons. The van der Waals surface area contributed by atoms with Gasteiger partial charge in [0.25, 0.3) is 0 Å². The van der Waals surface area contributed by atoms with Crippen LogP contribution in [0, 0.1) is 52.8 Å². The Morgan fingerprint density at radius 3 is 1.95 bits per heavy atom. The summed E-state index contributed by atoms with van der Waals surface area (Å²) in [6, 6.07) is -0.0689. The molecule has 1 fully saturated rings. The zero-order valence-electron chi connectivity index (χ0n) is 43.0. The van der Waals surface area contributed by atoms with Crippen molar-refractivity contribution in [1.29, 1.82) is 0 Å². The summed E-state index contributed by atoms with van der Waals surface area (Å²) in [6.07, 6.45) is 32.2. The van der Waals surface area contributed by atoms with Gasteiger partial charge in [0.15, 0.2) is 0 Å². The number of aliphatic hydroxyl groups excluding tert-OH is 1. The molecule has 6 unspecified atom stereocenters. The molecule has 3 aliphatic rings. The highest BCUT2D eigenvalue weighted by molar-refractivity contribution is 5.74. The Morgan fingerprint density at radius 1 is 0.887 bits per heavy atom. The van der Waals surface area contributed by atoms with Crippen LogP contribution in [-0.2, 0) is 9.59 Å². The van der Waals surface area contributed by atoms with Gasteiger partial charge in [-0.05, 0) is 125 Å². The smallest absolute Gasteiger partial charge is 0.217 e. The minimum atomic E-state index is -0.0845. The van der Waals surface area contributed by atoms with Crippen molar-refractivity contribution in [1.82, 2.24) is 5.32 Å². The van der Waals surface area contributed by atoms with Gasteiger partial charge in [0, 0.05) is 27.8 Å². The van der Waals surface area contributed by atoms with Crippen molar-refractivity contribution in [3.05, 3.63) is 115 Å². The summed E-state index contributed by atoms with van der Waals surface area (Å²) >= 11 is 0. The number of hydrogen-bond donors (Lipinski definition) is 2. The molecule has 0 heterocycles. The molecular formula is C58H104NO3. The maximum Gasteiger partial charge on any atom is 0.217 e. The summed E-state index contributed by atoms with van der Waals surface area (Å²) in [4.78, 5) is 22.4. The number of amides is 1. The van der Waals surface area contributed by atoms with Gasteiger partial charge in [-0.3, -0.25) is 4.79 Å². The molecule has 0 aliphatic heterocycles. The van der Waals surface area contributed by atoms with Crippen molar-refractivity contribution >= 4 is 12.2 Å². The number of aldehydes is 1. The first-order chi connectivity index (χ1) is 28.5. The van der Waals surface area contributed by atoms with Crippen LogP contribution in [0.4, 0.5) is 0 Å². The molecule has 0 aromatic rings. The molecule has 0 saturated heterocycles. The third kappa shape index (κ3) is 29.2. The van der Waals surface area contributed by atoms with E-state index in [1.54, 1.807) is 11.1 Å². The lowest BCUT2D eigenvalue weighted by Gasteiger charge is -2.36. The van der Waals surface area contributed by atoms with Gasteiger partial charge in [-0.2, -0.15) is 0 Å². The predicted molar refractivity (Wildman–Crippen MR) is 282 cm³/mol. The molecular weight excluding hydrogens is 759 g/mol. The number of nitrogens with one attached hydrogen (secondary N) is 1. The van der Waals surface area contributed by atoms with Crippen LogP contribution in [-0.4, -0.2) is 30.5 Å². The van der Waals surface area contributed by atoms with Gasteiger partial charge in [0.1, 0.15) is 6.29 Å². The van der Waals surface area contributed by atoms with Crippen molar-refractivity contribution < 1.29 is 16.1 Å². The Labute approximate surface area is 389 Å². The van der Waals surface area contributed by atoms with Crippen molar-refractivity contribution in [2.24, 2.45) is 46.3 Å². The molecule has 0 spiro atoms. The molecule has 4 nitrogen and oxygen atoms in total.